The summed E-state index contributed by atoms with van der Waals surface area (Å²) in [7, 11) is 0. The van der Waals surface area contributed by atoms with Crippen LogP contribution in [0.3, 0.4) is 0 Å². The quantitative estimate of drug-likeness (QED) is 0.431. The van der Waals surface area contributed by atoms with E-state index in [4.69, 9.17) is 0 Å². The van der Waals surface area contributed by atoms with E-state index in [-0.39, 0.29) is 0 Å². The van der Waals surface area contributed by atoms with Crippen molar-refractivity contribution < 1.29 is 0 Å². The summed E-state index contributed by atoms with van der Waals surface area (Å²) in [6.45, 7) is 6.99. The second-order valence-corrected chi connectivity index (χ2v) is 6.73. The Bertz CT molecular complexity index is 293. The summed E-state index contributed by atoms with van der Waals surface area (Å²) in [5.41, 5.74) is 1.66. The number of hydrogen-bond acceptors (Lipinski definition) is 2. The van der Waals surface area contributed by atoms with Gasteiger partial charge in [0.1, 0.15) is 0 Å². The van der Waals surface area contributed by atoms with Crippen LogP contribution in [-0.4, -0.2) is 4.37 Å². The zero-order chi connectivity index (χ0) is 14.0. The van der Waals surface area contributed by atoms with Gasteiger partial charge in [-0.25, -0.2) is 0 Å². The Morgan fingerprint density at radius 2 is 1.53 bits per heavy atom. The molecule has 0 spiro atoms. The Labute approximate surface area is 124 Å². The molecule has 0 aliphatic carbocycles. The molecule has 1 aromatic heterocycles. The third-order valence-electron chi connectivity index (χ3n) is 4.22. The molecule has 1 heterocycles. The molecule has 0 aliphatic heterocycles. The summed E-state index contributed by atoms with van der Waals surface area (Å²) < 4.78 is 4.63. The van der Waals surface area contributed by atoms with Crippen molar-refractivity contribution in [3.8, 4) is 0 Å². The Kier molecular flexibility index (Phi) is 8.36. The van der Waals surface area contributed by atoms with Crippen LogP contribution in [0, 0.1) is 0 Å². The standard InChI is InChI=1S/C17H31NS/c1-4-6-8-10-13-17(3,14-11-9-7-5-2)16-12-15-19-18-16/h12,15H,4-11,13-14H2,1-3H3. The highest BCUT2D eigenvalue weighted by molar-refractivity contribution is 7.03. The lowest BCUT2D eigenvalue weighted by atomic mass is 9.77. The van der Waals surface area contributed by atoms with Gasteiger partial charge in [0.05, 0.1) is 5.69 Å². The van der Waals surface area contributed by atoms with Crippen LogP contribution in [0.5, 0.6) is 0 Å². The van der Waals surface area contributed by atoms with Crippen molar-refractivity contribution in [2.75, 3.05) is 0 Å². The highest BCUT2D eigenvalue weighted by Crippen LogP contribution is 2.35. The number of rotatable bonds is 11. The minimum Gasteiger partial charge on any atom is -0.197 e. The Hall–Kier alpha value is -0.370. The van der Waals surface area contributed by atoms with Gasteiger partial charge in [0.15, 0.2) is 0 Å². The molecular formula is C17H31NS. The van der Waals surface area contributed by atoms with Crippen LogP contribution in [-0.2, 0) is 5.41 Å². The lowest BCUT2D eigenvalue weighted by Crippen LogP contribution is -2.22. The lowest BCUT2D eigenvalue weighted by molar-refractivity contribution is 0.358. The van der Waals surface area contributed by atoms with Crippen molar-refractivity contribution >= 4 is 11.5 Å². The lowest BCUT2D eigenvalue weighted by Gasteiger charge is -2.28. The summed E-state index contributed by atoms with van der Waals surface area (Å²) in [5, 5.41) is 2.13. The first-order chi connectivity index (χ1) is 9.23. The van der Waals surface area contributed by atoms with E-state index in [0.717, 1.165) is 0 Å². The first kappa shape index (κ1) is 16.7. The van der Waals surface area contributed by atoms with E-state index in [2.05, 4.69) is 36.6 Å². The molecule has 110 valence electrons. The van der Waals surface area contributed by atoms with Gasteiger partial charge in [-0.1, -0.05) is 72.1 Å². The molecule has 0 aromatic carbocycles. The molecule has 0 fully saturated rings. The van der Waals surface area contributed by atoms with Crippen molar-refractivity contribution in [2.45, 2.75) is 90.4 Å². The summed E-state index contributed by atoms with van der Waals surface area (Å²) >= 11 is 1.60. The maximum Gasteiger partial charge on any atom is 0.0601 e. The molecule has 1 aromatic rings. The number of aromatic nitrogens is 1. The topological polar surface area (TPSA) is 12.9 Å². The molecular weight excluding hydrogens is 250 g/mol. The van der Waals surface area contributed by atoms with Gasteiger partial charge in [0, 0.05) is 10.8 Å². The number of nitrogens with zero attached hydrogens (tertiary/aromatic N) is 1. The SMILES string of the molecule is CCCCCCC(C)(CCCCCC)c1ccsn1. The van der Waals surface area contributed by atoms with Gasteiger partial charge in [-0.05, 0) is 30.4 Å². The molecule has 19 heavy (non-hydrogen) atoms. The van der Waals surface area contributed by atoms with Gasteiger partial charge in [0.25, 0.3) is 0 Å². The van der Waals surface area contributed by atoms with E-state index in [1.165, 1.54) is 69.9 Å². The number of hydrogen-bond donors (Lipinski definition) is 0. The van der Waals surface area contributed by atoms with Gasteiger partial charge in [-0.15, -0.1) is 0 Å². The van der Waals surface area contributed by atoms with Gasteiger partial charge in [-0.2, -0.15) is 4.37 Å². The van der Waals surface area contributed by atoms with Crippen molar-refractivity contribution in [3.63, 3.8) is 0 Å². The molecule has 0 aliphatic rings. The van der Waals surface area contributed by atoms with E-state index < -0.39 is 0 Å². The highest BCUT2D eigenvalue weighted by Gasteiger charge is 2.27. The van der Waals surface area contributed by atoms with Gasteiger partial charge in [0.2, 0.25) is 0 Å². The van der Waals surface area contributed by atoms with Crippen LogP contribution in [0.25, 0.3) is 0 Å². The van der Waals surface area contributed by atoms with E-state index in [1.54, 1.807) is 11.5 Å². The minimum atomic E-state index is 0.321. The number of unbranched alkanes of at least 4 members (excludes halogenated alkanes) is 6. The average molecular weight is 282 g/mol. The van der Waals surface area contributed by atoms with Crippen molar-refractivity contribution in [1.29, 1.82) is 0 Å². The van der Waals surface area contributed by atoms with Gasteiger partial charge >= 0.3 is 0 Å². The molecule has 0 radical (unpaired) electrons. The van der Waals surface area contributed by atoms with Crippen molar-refractivity contribution in [2.24, 2.45) is 0 Å². The van der Waals surface area contributed by atoms with E-state index in [9.17, 15) is 0 Å². The third kappa shape index (κ3) is 6.07. The largest absolute Gasteiger partial charge is 0.197 e. The molecule has 0 saturated heterocycles. The summed E-state index contributed by atoms with van der Waals surface area (Å²) in [5.74, 6) is 0. The fraction of sp³-hybridized carbons (Fsp3) is 0.824. The minimum absolute atomic E-state index is 0.321. The zero-order valence-electron chi connectivity index (χ0n) is 13.1. The Morgan fingerprint density at radius 1 is 0.947 bits per heavy atom. The van der Waals surface area contributed by atoms with Crippen LogP contribution in [0.1, 0.15) is 90.7 Å². The fourth-order valence-electron chi connectivity index (χ4n) is 2.79. The van der Waals surface area contributed by atoms with Crippen molar-refractivity contribution in [3.05, 3.63) is 17.1 Å². The van der Waals surface area contributed by atoms with E-state index in [0.29, 0.717) is 5.41 Å². The zero-order valence-corrected chi connectivity index (χ0v) is 13.9. The molecule has 1 rings (SSSR count). The molecule has 0 amide bonds. The van der Waals surface area contributed by atoms with Crippen LogP contribution in [0.15, 0.2) is 11.4 Å². The summed E-state index contributed by atoms with van der Waals surface area (Å²) in [6.07, 6.45) is 13.5. The van der Waals surface area contributed by atoms with Gasteiger partial charge < -0.3 is 0 Å². The maximum absolute atomic E-state index is 4.63. The van der Waals surface area contributed by atoms with Gasteiger partial charge in [-0.3, -0.25) is 0 Å². The van der Waals surface area contributed by atoms with Crippen LogP contribution in [0.4, 0.5) is 0 Å². The van der Waals surface area contributed by atoms with Crippen LogP contribution < -0.4 is 0 Å². The van der Waals surface area contributed by atoms with Crippen LogP contribution in [0.2, 0.25) is 0 Å². The molecule has 0 unspecified atom stereocenters. The summed E-state index contributed by atoms with van der Waals surface area (Å²) in [4.78, 5) is 0. The molecule has 2 heteroatoms. The van der Waals surface area contributed by atoms with Crippen LogP contribution >= 0.6 is 11.5 Å². The molecule has 0 atom stereocenters. The highest BCUT2D eigenvalue weighted by atomic mass is 32.1. The second-order valence-electron chi connectivity index (χ2n) is 6.07. The second kappa shape index (κ2) is 9.52. The monoisotopic (exact) mass is 281 g/mol. The first-order valence-corrected chi connectivity index (χ1v) is 8.97. The smallest absolute Gasteiger partial charge is 0.0601 e. The van der Waals surface area contributed by atoms with E-state index in [1.807, 2.05) is 0 Å². The predicted octanol–water partition coefficient (Wildman–Crippen LogP) is 6.34. The third-order valence-corrected chi connectivity index (χ3v) is 4.78. The normalized spacial score (nSPS) is 11.9. The Morgan fingerprint density at radius 3 is 1.95 bits per heavy atom. The average Bonchev–Trinajstić information content (AvgIpc) is 2.95. The summed E-state index contributed by atoms with van der Waals surface area (Å²) in [6, 6.07) is 2.24. The Balaban J connectivity index is 2.47. The molecule has 1 nitrogen and oxygen atoms in total. The fourth-order valence-corrected chi connectivity index (χ4v) is 3.43. The predicted molar refractivity (Wildman–Crippen MR) is 87.0 cm³/mol. The molecule has 0 N–H and O–H groups in total. The van der Waals surface area contributed by atoms with Crippen molar-refractivity contribution in [1.82, 2.24) is 4.37 Å². The molecule has 0 saturated carbocycles. The maximum atomic E-state index is 4.63. The van der Waals surface area contributed by atoms with E-state index >= 15 is 0 Å². The molecule has 0 bridgehead atoms. The first-order valence-electron chi connectivity index (χ1n) is 8.14.